The number of likely N-dealkylation sites (N-methyl/N-ethyl adjacent to an activating group) is 1. The number of piperidine rings is 1. The number of ether oxygens (including phenoxy) is 1. The highest BCUT2D eigenvalue weighted by Crippen LogP contribution is 2.31. The fourth-order valence-corrected chi connectivity index (χ4v) is 3.31. The molecule has 130 valence electrons. The van der Waals surface area contributed by atoms with Crippen LogP contribution in [0.15, 0.2) is 30.3 Å². The molecule has 2 N–H and O–H groups in total. The van der Waals surface area contributed by atoms with Crippen molar-refractivity contribution in [2.75, 3.05) is 26.7 Å². The van der Waals surface area contributed by atoms with Crippen LogP contribution in [0.1, 0.15) is 18.4 Å². The van der Waals surface area contributed by atoms with E-state index in [4.69, 9.17) is 4.74 Å². The summed E-state index contributed by atoms with van der Waals surface area (Å²) in [6, 6.07) is 9.31. The van der Waals surface area contributed by atoms with E-state index < -0.39 is 11.8 Å². The van der Waals surface area contributed by atoms with Crippen LogP contribution in [0.25, 0.3) is 0 Å². The maximum absolute atomic E-state index is 12.0. The van der Waals surface area contributed by atoms with Crippen LogP contribution >= 0.6 is 0 Å². The van der Waals surface area contributed by atoms with Gasteiger partial charge in [0.05, 0.1) is 12.1 Å². The molecule has 0 radical (unpaired) electrons. The molecule has 1 spiro atoms. The monoisotopic (exact) mass is 333 g/mol. The van der Waals surface area contributed by atoms with E-state index in [1.165, 1.54) is 4.90 Å². The molecule has 2 aliphatic rings. The number of hydrogen-bond donors (Lipinski definition) is 2. The van der Waals surface area contributed by atoms with Gasteiger partial charge >= 0.3 is 12.0 Å². The van der Waals surface area contributed by atoms with Crippen molar-refractivity contribution in [1.82, 2.24) is 15.1 Å². The summed E-state index contributed by atoms with van der Waals surface area (Å²) in [4.78, 5) is 27.0. The van der Waals surface area contributed by atoms with Crippen LogP contribution in [-0.4, -0.2) is 65.4 Å². The van der Waals surface area contributed by atoms with Gasteiger partial charge in [0, 0.05) is 20.1 Å². The number of nitrogens with one attached hydrogen (secondary N) is 1. The van der Waals surface area contributed by atoms with Gasteiger partial charge in [0.15, 0.2) is 6.23 Å². The molecule has 1 aromatic carbocycles. The number of amides is 2. The number of likely N-dealkylation sites (tertiary alicyclic amines) is 1. The predicted octanol–water partition coefficient (Wildman–Crippen LogP) is 0.538. The number of esters is 1. The van der Waals surface area contributed by atoms with Crippen molar-refractivity contribution in [2.45, 2.75) is 31.2 Å². The minimum Gasteiger partial charge on any atom is -0.460 e. The van der Waals surface area contributed by atoms with E-state index in [9.17, 15) is 14.7 Å². The molecule has 1 aromatic rings. The van der Waals surface area contributed by atoms with Gasteiger partial charge in [-0.15, -0.1) is 0 Å². The van der Waals surface area contributed by atoms with Crippen molar-refractivity contribution in [3.63, 3.8) is 0 Å². The van der Waals surface area contributed by atoms with E-state index in [2.05, 4.69) is 5.32 Å². The van der Waals surface area contributed by atoms with Gasteiger partial charge in [-0.2, -0.15) is 0 Å². The Labute approximate surface area is 141 Å². The molecule has 7 heteroatoms. The summed E-state index contributed by atoms with van der Waals surface area (Å²) < 4.78 is 5.30. The molecular formula is C17H23N3O4. The minimum atomic E-state index is -0.822. The third-order valence-corrected chi connectivity index (χ3v) is 4.88. The van der Waals surface area contributed by atoms with E-state index >= 15 is 0 Å². The van der Waals surface area contributed by atoms with Gasteiger partial charge in [-0.05, 0) is 18.4 Å². The summed E-state index contributed by atoms with van der Waals surface area (Å²) in [5.74, 6) is -0.261. The van der Waals surface area contributed by atoms with Crippen LogP contribution in [0.2, 0.25) is 0 Å². The Bertz CT molecular complexity index is 599. The molecule has 0 aliphatic carbocycles. The Kier molecular flexibility index (Phi) is 4.73. The lowest BCUT2D eigenvalue weighted by Gasteiger charge is -2.40. The largest absolute Gasteiger partial charge is 0.460 e. The molecule has 2 saturated heterocycles. The van der Waals surface area contributed by atoms with Gasteiger partial charge in [0.2, 0.25) is 0 Å². The highest BCUT2D eigenvalue weighted by atomic mass is 16.5. The fourth-order valence-electron chi connectivity index (χ4n) is 3.31. The Balaban J connectivity index is 1.45. The van der Waals surface area contributed by atoms with Crippen molar-refractivity contribution < 1.29 is 19.4 Å². The zero-order chi connectivity index (χ0) is 17.2. The lowest BCUT2D eigenvalue weighted by atomic mass is 9.86. The molecule has 2 amide bonds. The third-order valence-electron chi connectivity index (χ3n) is 4.88. The molecule has 2 heterocycles. The van der Waals surface area contributed by atoms with Crippen molar-refractivity contribution in [3.05, 3.63) is 35.9 Å². The molecule has 2 aliphatic heterocycles. The van der Waals surface area contributed by atoms with Gasteiger partial charge in [-0.25, -0.2) is 4.79 Å². The maximum Gasteiger partial charge on any atom is 0.320 e. The van der Waals surface area contributed by atoms with Crippen molar-refractivity contribution in [3.8, 4) is 0 Å². The number of urea groups is 1. The van der Waals surface area contributed by atoms with Crippen LogP contribution in [0, 0.1) is 0 Å². The summed E-state index contributed by atoms with van der Waals surface area (Å²) in [5.41, 5.74) is 0.360. The summed E-state index contributed by atoms with van der Waals surface area (Å²) in [6.45, 7) is 1.76. The quantitative estimate of drug-likeness (QED) is 0.786. The zero-order valence-electron chi connectivity index (χ0n) is 13.8. The summed E-state index contributed by atoms with van der Waals surface area (Å²) in [7, 11) is 1.59. The van der Waals surface area contributed by atoms with E-state index in [1.807, 2.05) is 35.2 Å². The van der Waals surface area contributed by atoms with Crippen LogP contribution in [0.3, 0.4) is 0 Å². The summed E-state index contributed by atoms with van der Waals surface area (Å²) in [6.07, 6.45) is 0.393. The second-order valence-corrected chi connectivity index (χ2v) is 6.49. The third kappa shape index (κ3) is 3.37. The first-order chi connectivity index (χ1) is 11.5. The number of hydrogen-bond acceptors (Lipinski definition) is 5. The molecule has 24 heavy (non-hydrogen) atoms. The smallest absolute Gasteiger partial charge is 0.320 e. The minimum absolute atomic E-state index is 0.225. The Morgan fingerprint density at radius 1 is 1.33 bits per heavy atom. The van der Waals surface area contributed by atoms with Gasteiger partial charge < -0.3 is 15.2 Å². The molecular weight excluding hydrogens is 310 g/mol. The first kappa shape index (κ1) is 16.7. The standard InChI is InChI=1S/C17H23N3O4/c1-19-15(22)17(18-16(19)23)7-9-20(10-8-17)11-14(21)24-12-13-5-3-2-4-6-13/h2-6,15,22H,7-12H2,1H3,(H,18,23). The lowest BCUT2D eigenvalue weighted by Crippen LogP contribution is -2.57. The number of aliphatic hydroxyl groups excluding tert-OH is 1. The Morgan fingerprint density at radius 3 is 2.58 bits per heavy atom. The van der Waals surface area contributed by atoms with E-state index in [-0.39, 0.29) is 25.2 Å². The Morgan fingerprint density at radius 2 is 2.00 bits per heavy atom. The normalized spacial score (nSPS) is 23.3. The summed E-state index contributed by atoms with van der Waals surface area (Å²) in [5, 5.41) is 13.1. The van der Waals surface area contributed by atoms with Crippen molar-refractivity contribution in [1.29, 1.82) is 0 Å². The molecule has 2 fully saturated rings. The van der Waals surface area contributed by atoms with Gasteiger partial charge in [-0.3, -0.25) is 14.6 Å². The lowest BCUT2D eigenvalue weighted by molar-refractivity contribution is -0.147. The number of aliphatic hydroxyl groups is 1. The highest BCUT2D eigenvalue weighted by molar-refractivity contribution is 5.78. The molecule has 1 unspecified atom stereocenters. The van der Waals surface area contributed by atoms with Crippen LogP contribution in [0.5, 0.6) is 0 Å². The molecule has 0 aromatic heterocycles. The average molecular weight is 333 g/mol. The zero-order valence-corrected chi connectivity index (χ0v) is 13.8. The first-order valence-corrected chi connectivity index (χ1v) is 8.15. The van der Waals surface area contributed by atoms with Gasteiger partial charge in [-0.1, -0.05) is 30.3 Å². The molecule has 0 saturated carbocycles. The predicted molar refractivity (Wildman–Crippen MR) is 86.9 cm³/mol. The molecule has 0 bridgehead atoms. The van der Waals surface area contributed by atoms with Gasteiger partial charge in [0.25, 0.3) is 0 Å². The molecule has 7 nitrogen and oxygen atoms in total. The van der Waals surface area contributed by atoms with E-state index in [0.717, 1.165) is 5.56 Å². The SMILES string of the molecule is CN1C(=O)NC2(CCN(CC(=O)OCc3ccccc3)CC2)C1O. The molecule has 1 atom stereocenters. The Hall–Kier alpha value is -2.12. The topological polar surface area (TPSA) is 82.1 Å². The number of nitrogens with zero attached hydrogens (tertiary/aromatic N) is 2. The van der Waals surface area contributed by atoms with E-state index in [1.54, 1.807) is 7.05 Å². The number of benzene rings is 1. The number of rotatable bonds is 4. The maximum atomic E-state index is 12.0. The van der Waals surface area contributed by atoms with Crippen molar-refractivity contribution >= 4 is 12.0 Å². The van der Waals surface area contributed by atoms with Crippen molar-refractivity contribution in [2.24, 2.45) is 0 Å². The van der Waals surface area contributed by atoms with Gasteiger partial charge in [0.1, 0.15) is 6.61 Å². The van der Waals surface area contributed by atoms with Crippen LogP contribution in [0.4, 0.5) is 4.79 Å². The van der Waals surface area contributed by atoms with E-state index in [0.29, 0.717) is 25.9 Å². The summed E-state index contributed by atoms with van der Waals surface area (Å²) >= 11 is 0. The average Bonchev–Trinajstić information content (AvgIpc) is 2.80. The highest BCUT2D eigenvalue weighted by Gasteiger charge is 2.50. The fraction of sp³-hybridized carbons (Fsp3) is 0.529. The second kappa shape index (κ2) is 6.78. The number of carbonyl (C=O) groups excluding carboxylic acids is 2. The van der Waals surface area contributed by atoms with Crippen LogP contribution in [-0.2, 0) is 16.1 Å². The first-order valence-electron chi connectivity index (χ1n) is 8.15. The number of carbonyl (C=O) groups is 2. The molecule has 3 rings (SSSR count). The second-order valence-electron chi connectivity index (χ2n) is 6.49. The van der Waals surface area contributed by atoms with Crippen LogP contribution < -0.4 is 5.32 Å².